The zero-order valence-corrected chi connectivity index (χ0v) is 15.5. The monoisotopic (exact) mass is 371 g/mol. The molecule has 28 heavy (non-hydrogen) atoms. The van der Waals surface area contributed by atoms with E-state index >= 15 is 0 Å². The summed E-state index contributed by atoms with van der Waals surface area (Å²) in [4.78, 5) is 21.1. The summed E-state index contributed by atoms with van der Waals surface area (Å²) in [7, 11) is 0. The molecule has 0 fully saturated rings. The van der Waals surface area contributed by atoms with E-state index in [0.717, 1.165) is 56.1 Å². The van der Waals surface area contributed by atoms with Gasteiger partial charge in [0.25, 0.3) is 0 Å². The van der Waals surface area contributed by atoms with Gasteiger partial charge in [-0.2, -0.15) is 0 Å². The molecule has 0 atom stereocenters. The quantitative estimate of drug-likeness (QED) is 0.716. The van der Waals surface area contributed by atoms with E-state index in [1.165, 1.54) is 11.3 Å². The molecule has 1 N–H and O–H groups in total. The molecule has 2 aliphatic heterocycles. The average Bonchev–Trinajstić information content (AvgIpc) is 3.37. The number of benzene rings is 1. The van der Waals surface area contributed by atoms with E-state index in [1.54, 1.807) is 6.20 Å². The van der Waals surface area contributed by atoms with Crippen molar-refractivity contribution in [1.29, 1.82) is 0 Å². The minimum atomic E-state index is 0.729. The van der Waals surface area contributed by atoms with Crippen LogP contribution in [0.2, 0.25) is 0 Å². The van der Waals surface area contributed by atoms with Crippen LogP contribution in [0.15, 0.2) is 59.2 Å². The van der Waals surface area contributed by atoms with Crippen molar-refractivity contribution in [1.82, 2.24) is 29.3 Å². The number of aliphatic imine (C=N–C) groups is 1. The highest BCUT2D eigenvalue weighted by Gasteiger charge is 2.22. The SMILES string of the molecule is C(#Cc1nc2ccccc2[nH]1)CN1CCC2=C(CN(Cn3ccnc3)C=N2)C1. The third kappa shape index (κ3) is 3.55. The van der Waals surface area contributed by atoms with Crippen LogP contribution in [0, 0.1) is 11.8 Å². The number of para-hydroxylation sites is 2. The van der Waals surface area contributed by atoms with Crippen LogP contribution < -0.4 is 0 Å². The zero-order valence-electron chi connectivity index (χ0n) is 15.5. The molecule has 0 spiro atoms. The summed E-state index contributed by atoms with van der Waals surface area (Å²) in [5.74, 6) is 7.17. The standard InChI is InChI=1S/C21H21N7/c1-2-5-20-19(4-1)24-21(25-20)6-3-9-26-10-7-18-17(12-26)13-28(15-23-18)16-27-11-8-22-14-27/h1-2,4-5,8,11,14-15H,7,9-10,12-13,16H2,(H,24,25). The van der Waals surface area contributed by atoms with Crippen molar-refractivity contribution >= 4 is 17.4 Å². The van der Waals surface area contributed by atoms with Crippen molar-refractivity contribution < 1.29 is 0 Å². The highest BCUT2D eigenvalue weighted by Crippen LogP contribution is 2.22. The van der Waals surface area contributed by atoms with E-state index in [9.17, 15) is 0 Å². The second-order valence-corrected chi connectivity index (χ2v) is 7.13. The van der Waals surface area contributed by atoms with Crippen molar-refractivity contribution in [2.24, 2.45) is 4.99 Å². The third-order valence-corrected chi connectivity index (χ3v) is 5.06. The van der Waals surface area contributed by atoms with Crippen LogP contribution in [0.4, 0.5) is 0 Å². The largest absolute Gasteiger partial charge is 0.340 e. The lowest BCUT2D eigenvalue weighted by atomic mass is 10.0. The summed E-state index contributed by atoms with van der Waals surface area (Å²) in [5, 5.41) is 0. The van der Waals surface area contributed by atoms with Crippen molar-refractivity contribution in [2.45, 2.75) is 13.1 Å². The predicted molar refractivity (Wildman–Crippen MR) is 108 cm³/mol. The maximum Gasteiger partial charge on any atom is 0.183 e. The van der Waals surface area contributed by atoms with Crippen LogP contribution in [-0.4, -0.2) is 61.8 Å². The number of fused-ring (bicyclic) bond motifs is 1. The van der Waals surface area contributed by atoms with Gasteiger partial charge >= 0.3 is 0 Å². The molecule has 4 heterocycles. The average molecular weight is 371 g/mol. The fraction of sp³-hybridized carbons (Fsp3) is 0.286. The molecule has 2 aliphatic rings. The summed E-state index contributed by atoms with van der Waals surface area (Å²) in [6.07, 6.45) is 8.54. The fourth-order valence-corrected chi connectivity index (χ4v) is 3.66. The number of hydrogen-bond donors (Lipinski definition) is 1. The highest BCUT2D eigenvalue weighted by atomic mass is 15.3. The summed E-state index contributed by atoms with van der Waals surface area (Å²) >= 11 is 0. The van der Waals surface area contributed by atoms with Gasteiger partial charge < -0.3 is 14.5 Å². The Morgan fingerprint density at radius 2 is 2.14 bits per heavy atom. The van der Waals surface area contributed by atoms with Gasteiger partial charge in [0.05, 0.1) is 36.9 Å². The van der Waals surface area contributed by atoms with Gasteiger partial charge in [-0.15, -0.1) is 0 Å². The lowest BCUT2D eigenvalue weighted by Crippen LogP contribution is -2.39. The number of hydrogen-bond acceptors (Lipinski definition) is 5. The summed E-state index contributed by atoms with van der Waals surface area (Å²) in [5.41, 5.74) is 4.61. The molecule has 0 amide bonds. The first-order valence-electron chi connectivity index (χ1n) is 9.44. The molecule has 2 aromatic heterocycles. The van der Waals surface area contributed by atoms with Crippen LogP contribution in [-0.2, 0) is 6.67 Å². The first-order valence-corrected chi connectivity index (χ1v) is 9.44. The molecule has 0 saturated heterocycles. The second kappa shape index (κ2) is 7.33. The maximum absolute atomic E-state index is 4.67. The smallest absolute Gasteiger partial charge is 0.183 e. The maximum atomic E-state index is 4.67. The molecule has 0 aliphatic carbocycles. The Hall–Kier alpha value is -3.37. The summed E-state index contributed by atoms with van der Waals surface area (Å²) in [6.45, 7) is 4.32. The van der Waals surface area contributed by atoms with Gasteiger partial charge in [-0.05, 0) is 23.6 Å². The number of H-pyrrole nitrogens is 1. The van der Waals surface area contributed by atoms with Crippen molar-refractivity contribution in [2.75, 3.05) is 26.2 Å². The predicted octanol–water partition coefficient (Wildman–Crippen LogP) is 2.07. The van der Waals surface area contributed by atoms with Gasteiger partial charge in [0.2, 0.25) is 0 Å². The first kappa shape index (κ1) is 16.8. The first-order chi connectivity index (χ1) is 13.8. The molecule has 1 aromatic carbocycles. The van der Waals surface area contributed by atoms with Crippen molar-refractivity contribution in [3.05, 3.63) is 60.1 Å². The molecule has 140 valence electrons. The number of nitrogens with one attached hydrogen (secondary N) is 1. The Bertz CT molecular complexity index is 1060. The molecule has 0 radical (unpaired) electrons. The van der Waals surface area contributed by atoms with E-state index in [4.69, 9.17) is 0 Å². The molecular formula is C21H21N7. The number of nitrogens with zero attached hydrogens (tertiary/aromatic N) is 6. The molecule has 5 rings (SSSR count). The van der Waals surface area contributed by atoms with Gasteiger partial charge in [-0.3, -0.25) is 4.90 Å². The minimum absolute atomic E-state index is 0.729. The topological polar surface area (TPSA) is 65.3 Å². The Morgan fingerprint density at radius 1 is 1.18 bits per heavy atom. The molecular weight excluding hydrogens is 350 g/mol. The molecule has 7 heteroatoms. The lowest BCUT2D eigenvalue weighted by molar-refractivity contribution is 0.290. The van der Waals surface area contributed by atoms with E-state index in [-0.39, 0.29) is 0 Å². The highest BCUT2D eigenvalue weighted by molar-refractivity contribution is 5.75. The van der Waals surface area contributed by atoms with Crippen LogP contribution in [0.25, 0.3) is 11.0 Å². The number of imidazole rings is 2. The Labute approximate surface area is 163 Å². The van der Waals surface area contributed by atoms with E-state index in [0.29, 0.717) is 0 Å². The normalized spacial score (nSPS) is 16.9. The summed E-state index contributed by atoms with van der Waals surface area (Å²) in [6, 6.07) is 8.00. The number of aromatic nitrogens is 4. The van der Waals surface area contributed by atoms with Gasteiger partial charge in [0, 0.05) is 44.1 Å². The van der Waals surface area contributed by atoms with Crippen LogP contribution >= 0.6 is 0 Å². The van der Waals surface area contributed by atoms with Crippen molar-refractivity contribution in [3.8, 4) is 11.8 Å². The van der Waals surface area contributed by atoms with Crippen LogP contribution in [0.5, 0.6) is 0 Å². The van der Waals surface area contributed by atoms with E-state index in [1.807, 2.05) is 43.1 Å². The zero-order chi connectivity index (χ0) is 18.8. The van der Waals surface area contributed by atoms with Gasteiger partial charge in [0.15, 0.2) is 5.82 Å². The van der Waals surface area contributed by atoms with Crippen LogP contribution in [0.1, 0.15) is 12.2 Å². The van der Waals surface area contributed by atoms with E-state index < -0.39 is 0 Å². The third-order valence-electron chi connectivity index (χ3n) is 5.06. The second-order valence-electron chi connectivity index (χ2n) is 7.13. The molecule has 0 bridgehead atoms. The number of aromatic amines is 1. The molecule has 3 aromatic rings. The van der Waals surface area contributed by atoms with E-state index in [2.05, 4.69) is 46.2 Å². The fourth-order valence-electron chi connectivity index (χ4n) is 3.66. The summed E-state index contributed by atoms with van der Waals surface area (Å²) < 4.78 is 2.05. The Morgan fingerprint density at radius 3 is 3.04 bits per heavy atom. The lowest BCUT2D eigenvalue weighted by Gasteiger charge is -2.33. The Kier molecular flexibility index (Phi) is 4.39. The van der Waals surface area contributed by atoms with Gasteiger partial charge in [-0.25, -0.2) is 15.0 Å². The van der Waals surface area contributed by atoms with Crippen LogP contribution in [0.3, 0.4) is 0 Å². The molecule has 0 unspecified atom stereocenters. The molecule has 7 nitrogen and oxygen atoms in total. The Balaban J connectivity index is 1.21. The minimum Gasteiger partial charge on any atom is -0.340 e. The van der Waals surface area contributed by atoms with Crippen molar-refractivity contribution in [3.63, 3.8) is 0 Å². The molecule has 0 saturated carbocycles. The van der Waals surface area contributed by atoms with Gasteiger partial charge in [0.1, 0.15) is 0 Å². The number of rotatable bonds is 3. The van der Waals surface area contributed by atoms with Gasteiger partial charge in [-0.1, -0.05) is 18.1 Å².